The van der Waals surface area contributed by atoms with Crippen LogP contribution in [0.25, 0.3) is 0 Å². The minimum absolute atomic E-state index is 0.103. The predicted molar refractivity (Wildman–Crippen MR) is 116 cm³/mol. The number of amides is 1. The van der Waals surface area contributed by atoms with Crippen molar-refractivity contribution in [3.05, 3.63) is 35.1 Å². The second-order valence-corrected chi connectivity index (χ2v) is 10.2. The molecule has 2 spiro atoms. The van der Waals surface area contributed by atoms with Crippen LogP contribution < -0.4 is 5.73 Å². The van der Waals surface area contributed by atoms with E-state index in [1.807, 2.05) is 0 Å². The molecular formula is C24H32FN3O4. The highest BCUT2D eigenvalue weighted by molar-refractivity contribution is 6.08. The first kappa shape index (κ1) is 21.8. The Bertz CT molecular complexity index is 964. The van der Waals surface area contributed by atoms with Crippen LogP contribution in [0.2, 0.25) is 0 Å². The molecule has 1 aromatic rings. The van der Waals surface area contributed by atoms with Gasteiger partial charge in [-0.1, -0.05) is 19.9 Å². The zero-order chi connectivity index (χ0) is 22.9. The van der Waals surface area contributed by atoms with Gasteiger partial charge in [0, 0.05) is 12.5 Å². The lowest BCUT2D eigenvalue weighted by Crippen LogP contribution is -2.57. The monoisotopic (exact) mass is 445 g/mol. The molecule has 1 saturated carbocycles. The van der Waals surface area contributed by atoms with Crippen molar-refractivity contribution in [1.29, 1.82) is 0 Å². The molecule has 2 aliphatic heterocycles. The lowest BCUT2D eigenvalue weighted by molar-refractivity contribution is -0.164. The molecule has 2 fully saturated rings. The first-order valence-electron chi connectivity index (χ1n) is 11.4. The van der Waals surface area contributed by atoms with Gasteiger partial charge >= 0.3 is 0 Å². The molecule has 5 atom stereocenters. The van der Waals surface area contributed by atoms with Gasteiger partial charge in [0.1, 0.15) is 5.82 Å². The van der Waals surface area contributed by atoms with Gasteiger partial charge in [0.25, 0.3) is 5.91 Å². The number of ether oxygens (including phenoxy) is 3. The summed E-state index contributed by atoms with van der Waals surface area (Å²) in [5, 5.41) is 0. The van der Waals surface area contributed by atoms with Crippen molar-refractivity contribution in [2.45, 2.75) is 57.5 Å². The molecule has 8 heteroatoms. The summed E-state index contributed by atoms with van der Waals surface area (Å²) < 4.78 is 31.7. The SMILES string of the molecule is COC1[C@H](C)CC2(Cc3ccc(F)cc3[C@]23N=C(N)N(CC2(C)OCCO2)C3=O)C[C@@H]1C. The van der Waals surface area contributed by atoms with E-state index in [0.717, 1.165) is 18.4 Å². The summed E-state index contributed by atoms with van der Waals surface area (Å²) in [6.07, 6.45) is 2.25. The number of aliphatic imine (C=N–C) groups is 1. The Labute approximate surface area is 188 Å². The number of methoxy groups -OCH3 is 1. The molecule has 4 aliphatic rings. The average Bonchev–Trinajstić information content (AvgIpc) is 3.34. The first-order chi connectivity index (χ1) is 15.1. The van der Waals surface area contributed by atoms with Crippen LogP contribution in [0.5, 0.6) is 0 Å². The van der Waals surface area contributed by atoms with Gasteiger partial charge in [-0.3, -0.25) is 9.69 Å². The van der Waals surface area contributed by atoms with E-state index in [0.29, 0.717) is 25.2 Å². The number of halogens is 1. The Morgan fingerprint density at radius 2 is 1.91 bits per heavy atom. The van der Waals surface area contributed by atoms with Crippen molar-refractivity contribution in [2.24, 2.45) is 28.0 Å². The summed E-state index contributed by atoms with van der Waals surface area (Å²) in [5.41, 5.74) is 6.26. The molecule has 1 amide bonds. The van der Waals surface area contributed by atoms with Crippen LogP contribution in [0.4, 0.5) is 4.39 Å². The van der Waals surface area contributed by atoms with E-state index in [1.54, 1.807) is 20.1 Å². The van der Waals surface area contributed by atoms with E-state index in [2.05, 4.69) is 13.8 Å². The Kier molecular flexibility index (Phi) is 4.93. The molecule has 2 heterocycles. The zero-order valence-electron chi connectivity index (χ0n) is 19.2. The van der Waals surface area contributed by atoms with Crippen LogP contribution in [-0.4, -0.2) is 55.5 Å². The van der Waals surface area contributed by atoms with Crippen LogP contribution in [0.15, 0.2) is 23.2 Å². The third-order valence-corrected chi connectivity index (χ3v) is 8.03. The fraction of sp³-hybridized carbons (Fsp3) is 0.667. The van der Waals surface area contributed by atoms with Crippen LogP contribution in [0.3, 0.4) is 0 Å². The van der Waals surface area contributed by atoms with Crippen LogP contribution in [0.1, 0.15) is 44.7 Å². The number of guanidine groups is 1. The number of nitrogens with two attached hydrogens (primary N) is 1. The largest absolute Gasteiger partial charge is 0.381 e. The van der Waals surface area contributed by atoms with E-state index in [9.17, 15) is 9.18 Å². The number of carbonyl (C=O) groups is 1. The number of rotatable bonds is 3. The molecule has 2 unspecified atom stereocenters. The average molecular weight is 446 g/mol. The Morgan fingerprint density at radius 3 is 2.53 bits per heavy atom. The van der Waals surface area contributed by atoms with Crippen molar-refractivity contribution in [1.82, 2.24) is 4.90 Å². The highest BCUT2D eigenvalue weighted by atomic mass is 19.1. The first-order valence-corrected chi connectivity index (χ1v) is 11.4. The van der Waals surface area contributed by atoms with Gasteiger partial charge in [-0.25, -0.2) is 9.38 Å². The second kappa shape index (κ2) is 7.23. The summed E-state index contributed by atoms with van der Waals surface area (Å²) in [5.74, 6) is -0.946. The van der Waals surface area contributed by atoms with Gasteiger partial charge in [-0.05, 0) is 61.3 Å². The third kappa shape index (κ3) is 2.89. The number of hydrogen-bond donors (Lipinski definition) is 1. The number of nitrogens with zero attached hydrogens (tertiary/aromatic N) is 2. The van der Waals surface area contributed by atoms with Crippen molar-refractivity contribution in [3.63, 3.8) is 0 Å². The smallest absolute Gasteiger partial charge is 0.262 e. The fourth-order valence-corrected chi connectivity index (χ4v) is 7.02. The topological polar surface area (TPSA) is 86.4 Å². The molecule has 0 radical (unpaired) electrons. The van der Waals surface area contributed by atoms with E-state index in [1.165, 1.54) is 17.0 Å². The lowest BCUT2D eigenvalue weighted by atomic mass is 9.56. The van der Waals surface area contributed by atoms with Crippen molar-refractivity contribution < 1.29 is 23.4 Å². The Morgan fingerprint density at radius 1 is 1.25 bits per heavy atom. The van der Waals surface area contributed by atoms with Gasteiger partial charge in [0.15, 0.2) is 17.3 Å². The van der Waals surface area contributed by atoms with Crippen molar-refractivity contribution >= 4 is 11.9 Å². The maximum absolute atomic E-state index is 14.5. The summed E-state index contributed by atoms with van der Waals surface area (Å²) in [4.78, 5) is 20.6. The fourth-order valence-electron chi connectivity index (χ4n) is 7.02. The lowest BCUT2D eigenvalue weighted by Gasteiger charge is -2.50. The predicted octanol–water partition coefficient (Wildman–Crippen LogP) is 2.56. The molecule has 2 N–H and O–H groups in total. The summed E-state index contributed by atoms with van der Waals surface area (Å²) in [7, 11) is 1.74. The standard InChI is InChI=1S/C24H32FN3O4/c1-14-10-23(11-15(2)19(14)30-4)12-16-5-6-17(25)9-18(16)24(23)20(29)28(21(26)27-24)13-22(3)31-7-8-32-22/h5-6,9,14-15,19H,7-8,10-13H2,1-4H3,(H2,26,27)/t14-,15+,19?,23?,24-/m1/s1. The zero-order valence-corrected chi connectivity index (χ0v) is 19.2. The van der Waals surface area contributed by atoms with E-state index in [-0.39, 0.29) is 42.2 Å². The van der Waals surface area contributed by atoms with Gasteiger partial charge in [-0.15, -0.1) is 0 Å². The molecule has 1 aromatic carbocycles. The molecule has 0 aromatic heterocycles. The minimum atomic E-state index is -1.25. The number of carbonyl (C=O) groups excluding carboxylic acids is 1. The van der Waals surface area contributed by atoms with Gasteiger partial charge in [0.2, 0.25) is 0 Å². The number of fused-ring (bicyclic) bond motifs is 3. The van der Waals surface area contributed by atoms with Crippen molar-refractivity contribution in [2.75, 3.05) is 26.9 Å². The maximum Gasteiger partial charge on any atom is 0.262 e. The molecule has 5 rings (SSSR count). The Balaban J connectivity index is 1.62. The summed E-state index contributed by atoms with van der Waals surface area (Å²) >= 11 is 0. The molecule has 7 nitrogen and oxygen atoms in total. The number of benzene rings is 1. The molecular weight excluding hydrogens is 413 g/mol. The second-order valence-electron chi connectivity index (χ2n) is 10.2. The van der Waals surface area contributed by atoms with Crippen molar-refractivity contribution in [3.8, 4) is 0 Å². The highest BCUT2D eigenvalue weighted by Gasteiger charge is 2.68. The summed E-state index contributed by atoms with van der Waals surface area (Å²) in [6.45, 7) is 7.20. The van der Waals surface area contributed by atoms with Gasteiger partial charge in [-0.2, -0.15) is 0 Å². The molecule has 2 aliphatic carbocycles. The molecule has 0 bridgehead atoms. The minimum Gasteiger partial charge on any atom is -0.381 e. The van der Waals surface area contributed by atoms with Crippen LogP contribution >= 0.6 is 0 Å². The molecule has 32 heavy (non-hydrogen) atoms. The highest BCUT2D eigenvalue weighted by Crippen LogP contribution is 2.63. The molecule has 174 valence electrons. The number of hydrogen-bond acceptors (Lipinski definition) is 6. The quantitative estimate of drug-likeness (QED) is 0.773. The normalized spacial score (nSPS) is 38.0. The van der Waals surface area contributed by atoms with Crippen LogP contribution in [0, 0.1) is 23.1 Å². The van der Waals surface area contributed by atoms with Gasteiger partial charge < -0.3 is 19.9 Å². The Hall–Kier alpha value is -2.03. The van der Waals surface area contributed by atoms with E-state index >= 15 is 0 Å². The molecule has 1 saturated heterocycles. The maximum atomic E-state index is 14.5. The van der Waals surface area contributed by atoms with E-state index < -0.39 is 16.7 Å². The van der Waals surface area contributed by atoms with Crippen LogP contribution in [-0.2, 0) is 31.0 Å². The van der Waals surface area contributed by atoms with E-state index in [4.69, 9.17) is 24.9 Å². The summed E-state index contributed by atoms with van der Waals surface area (Å²) in [6, 6.07) is 4.74. The van der Waals surface area contributed by atoms with Gasteiger partial charge in [0.05, 0.1) is 25.9 Å². The third-order valence-electron chi connectivity index (χ3n) is 8.03.